The molecule has 0 amide bonds. The molecule has 0 aliphatic rings. The second-order valence-electron chi connectivity index (χ2n) is 11.2. The zero-order valence-corrected chi connectivity index (χ0v) is 30.5. The van der Waals surface area contributed by atoms with Crippen molar-refractivity contribution < 1.29 is 69.5 Å². The minimum atomic E-state index is -3.78. The molecule has 0 aliphatic heterocycles. The Balaban J connectivity index is 1.69. The summed E-state index contributed by atoms with van der Waals surface area (Å²) in [5, 5.41) is 0. The highest BCUT2D eigenvalue weighted by Gasteiger charge is 2.16. The molecule has 286 valence electrons. The van der Waals surface area contributed by atoms with E-state index in [-0.39, 0.29) is 24.7 Å². The maximum absolute atomic E-state index is 12.1. The first-order chi connectivity index (χ1) is 23.6. The lowest BCUT2D eigenvalue weighted by atomic mass is 10.2. The summed E-state index contributed by atoms with van der Waals surface area (Å²) >= 11 is 0. The molecule has 0 fully saturated rings. The second kappa shape index (κ2) is 29.9. The van der Waals surface area contributed by atoms with Crippen molar-refractivity contribution >= 4 is 16.1 Å². The predicted octanol–water partition coefficient (Wildman–Crippen LogP) is 2.21. The lowest BCUT2D eigenvalue weighted by molar-refractivity contribution is -0.160. The van der Waals surface area contributed by atoms with Gasteiger partial charge in [0.25, 0.3) is 10.1 Å². The van der Waals surface area contributed by atoms with Crippen LogP contribution in [0.1, 0.15) is 26.3 Å². The molecule has 0 unspecified atom stereocenters. The molecule has 0 aliphatic carbocycles. The van der Waals surface area contributed by atoms with E-state index < -0.39 is 21.7 Å². The molecule has 49 heavy (non-hydrogen) atoms. The SMILES string of the molecule is Cc1ccc(S(=O)(=O)OCCOCCOCCOCCOCCOCCOCCOCCOCCOCCOCC(=O)OC(C)(C)C)cc1. The molecule has 0 aromatic heterocycles. The van der Waals surface area contributed by atoms with Crippen LogP contribution in [0.3, 0.4) is 0 Å². The Labute approximate surface area is 292 Å². The van der Waals surface area contributed by atoms with Crippen LogP contribution in [0.25, 0.3) is 0 Å². The van der Waals surface area contributed by atoms with E-state index in [2.05, 4.69) is 0 Å². The van der Waals surface area contributed by atoms with Crippen LogP contribution in [-0.4, -0.2) is 159 Å². The fraction of sp³-hybridized carbons (Fsp3) is 0.788. The van der Waals surface area contributed by atoms with E-state index in [9.17, 15) is 13.2 Å². The van der Waals surface area contributed by atoms with Crippen LogP contribution in [0, 0.1) is 6.92 Å². The van der Waals surface area contributed by atoms with Crippen LogP contribution >= 0.6 is 0 Å². The average molecular weight is 727 g/mol. The van der Waals surface area contributed by atoms with E-state index in [0.29, 0.717) is 119 Å². The van der Waals surface area contributed by atoms with Gasteiger partial charge in [-0.25, -0.2) is 4.79 Å². The van der Waals surface area contributed by atoms with Gasteiger partial charge in [0.1, 0.15) is 12.2 Å². The molecule has 1 aromatic rings. The summed E-state index contributed by atoms with van der Waals surface area (Å²) in [5.41, 5.74) is 0.453. The summed E-state index contributed by atoms with van der Waals surface area (Å²) in [6.07, 6.45) is 0. The highest BCUT2D eigenvalue weighted by Crippen LogP contribution is 2.13. The smallest absolute Gasteiger partial charge is 0.332 e. The summed E-state index contributed by atoms with van der Waals surface area (Å²) in [5.74, 6) is -0.394. The normalized spacial score (nSPS) is 12.1. The summed E-state index contributed by atoms with van der Waals surface area (Å²) in [7, 11) is -3.78. The van der Waals surface area contributed by atoms with Crippen molar-refractivity contribution in [3.8, 4) is 0 Å². The molecule has 0 saturated carbocycles. The van der Waals surface area contributed by atoms with Gasteiger partial charge in [0, 0.05) is 0 Å². The Bertz CT molecular complexity index is 1020. The number of carbonyl (C=O) groups is 1. The van der Waals surface area contributed by atoms with E-state index in [0.717, 1.165) is 5.56 Å². The van der Waals surface area contributed by atoms with E-state index in [4.69, 9.17) is 56.3 Å². The third kappa shape index (κ3) is 29.6. The van der Waals surface area contributed by atoms with Crippen molar-refractivity contribution in [3.05, 3.63) is 29.8 Å². The Morgan fingerprint density at radius 2 is 0.776 bits per heavy atom. The number of ether oxygens (including phenoxy) is 11. The van der Waals surface area contributed by atoms with Crippen molar-refractivity contribution in [3.63, 3.8) is 0 Å². The zero-order chi connectivity index (χ0) is 35.9. The lowest BCUT2D eigenvalue weighted by Gasteiger charge is -2.19. The number of rotatable bonds is 34. The maximum Gasteiger partial charge on any atom is 0.332 e. The van der Waals surface area contributed by atoms with Gasteiger partial charge in [-0.3, -0.25) is 4.18 Å². The summed E-state index contributed by atoms with van der Waals surface area (Å²) in [6.45, 7) is 15.0. The van der Waals surface area contributed by atoms with Crippen LogP contribution < -0.4 is 0 Å². The van der Waals surface area contributed by atoms with E-state index in [1.165, 1.54) is 12.1 Å². The number of carbonyl (C=O) groups excluding carboxylic acids is 1. The quantitative estimate of drug-likeness (QED) is 0.0577. The molecule has 0 spiro atoms. The van der Waals surface area contributed by atoms with Gasteiger partial charge in [0.05, 0.1) is 137 Å². The van der Waals surface area contributed by atoms with Gasteiger partial charge in [0.2, 0.25) is 0 Å². The first kappa shape index (κ1) is 45.2. The Morgan fingerprint density at radius 1 is 0.490 bits per heavy atom. The third-order valence-corrected chi connectivity index (χ3v) is 7.09. The Morgan fingerprint density at radius 3 is 1.08 bits per heavy atom. The van der Waals surface area contributed by atoms with E-state index in [1.54, 1.807) is 12.1 Å². The van der Waals surface area contributed by atoms with Crippen LogP contribution in [-0.2, 0) is 71.2 Å². The van der Waals surface area contributed by atoms with Crippen molar-refractivity contribution in [1.82, 2.24) is 0 Å². The van der Waals surface area contributed by atoms with Crippen molar-refractivity contribution in [2.24, 2.45) is 0 Å². The molecule has 1 rings (SSSR count). The molecule has 1 aromatic carbocycles. The van der Waals surface area contributed by atoms with Crippen molar-refractivity contribution in [2.45, 2.75) is 38.2 Å². The van der Waals surface area contributed by atoms with Gasteiger partial charge in [-0.05, 0) is 39.8 Å². The third-order valence-electron chi connectivity index (χ3n) is 5.76. The summed E-state index contributed by atoms with van der Waals surface area (Å²) in [4.78, 5) is 11.6. The van der Waals surface area contributed by atoms with Gasteiger partial charge >= 0.3 is 5.97 Å². The molecule has 15 nitrogen and oxygen atoms in total. The average Bonchev–Trinajstić information content (AvgIpc) is 3.04. The molecule has 0 radical (unpaired) electrons. The maximum atomic E-state index is 12.1. The fourth-order valence-electron chi connectivity index (χ4n) is 3.48. The monoisotopic (exact) mass is 726 g/mol. The standard InChI is InChI=1S/C33H58O15S/c1-30-5-7-31(8-6-30)49(35,36)47-28-27-45-24-23-43-20-19-41-16-15-39-12-11-37-9-10-38-13-14-40-17-18-42-21-22-44-25-26-46-29-32(34)48-33(2,3)4/h5-8H,9-29H2,1-4H3. The van der Waals surface area contributed by atoms with Crippen LogP contribution in [0.5, 0.6) is 0 Å². The van der Waals surface area contributed by atoms with Crippen LogP contribution in [0.2, 0.25) is 0 Å². The lowest BCUT2D eigenvalue weighted by Crippen LogP contribution is -2.27. The summed E-state index contributed by atoms with van der Waals surface area (Å²) < 4.78 is 88.3. The van der Waals surface area contributed by atoms with Gasteiger partial charge in [-0.1, -0.05) is 17.7 Å². The van der Waals surface area contributed by atoms with Gasteiger partial charge in [-0.15, -0.1) is 0 Å². The molecule has 0 heterocycles. The Hall–Kier alpha value is -1.80. The Kier molecular flexibility index (Phi) is 27.6. The topological polar surface area (TPSA) is 162 Å². The second-order valence-corrected chi connectivity index (χ2v) is 12.9. The van der Waals surface area contributed by atoms with Crippen LogP contribution in [0.4, 0.5) is 0 Å². The number of aryl methyl sites for hydroxylation is 1. The number of esters is 1. The molecular formula is C33H58O15S. The largest absolute Gasteiger partial charge is 0.458 e. The minimum absolute atomic E-state index is 0.0645. The molecule has 0 atom stereocenters. The fourth-order valence-corrected chi connectivity index (χ4v) is 4.37. The number of hydrogen-bond donors (Lipinski definition) is 0. The predicted molar refractivity (Wildman–Crippen MR) is 178 cm³/mol. The molecule has 0 saturated heterocycles. The van der Waals surface area contributed by atoms with Crippen LogP contribution in [0.15, 0.2) is 29.2 Å². The molecule has 16 heteroatoms. The number of benzene rings is 1. The first-order valence-electron chi connectivity index (χ1n) is 16.6. The van der Waals surface area contributed by atoms with E-state index >= 15 is 0 Å². The first-order valence-corrected chi connectivity index (χ1v) is 18.0. The van der Waals surface area contributed by atoms with Gasteiger partial charge < -0.3 is 52.1 Å². The molecule has 0 bridgehead atoms. The molecule has 0 N–H and O–H groups in total. The van der Waals surface area contributed by atoms with E-state index in [1.807, 2.05) is 27.7 Å². The zero-order valence-electron chi connectivity index (χ0n) is 29.7. The highest BCUT2D eigenvalue weighted by atomic mass is 32.2. The highest BCUT2D eigenvalue weighted by molar-refractivity contribution is 7.86. The van der Waals surface area contributed by atoms with Crippen molar-refractivity contribution in [2.75, 3.05) is 139 Å². The van der Waals surface area contributed by atoms with Gasteiger partial charge in [-0.2, -0.15) is 8.42 Å². The minimum Gasteiger partial charge on any atom is -0.458 e. The van der Waals surface area contributed by atoms with Crippen molar-refractivity contribution in [1.29, 1.82) is 0 Å². The van der Waals surface area contributed by atoms with Gasteiger partial charge in [0.15, 0.2) is 0 Å². The molecular weight excluding hydrogens is 668 g/mol. The number of hydrogen-bond acceptors (Lipinski definition) is 15. The summed E-state index contributed by atoms with van der Waals surface area (Å²) in [6, 6.07) is 6.47.